The van der Waals surface area contributed by atoms with Crippen LogP contribution in [0.1, 0.15) is 56.1 Å². The summed E-state index contributed by atoms with van der Waals surface area (Å²) in [5.41, 5.74) is 1.62. The van der Waals surface area contributed by atoms with Crippen LogP contribution >= 0.6 is 0 Å². The molecule has 0 bridgehead atoms. The topological polar surface area (TPSA) is 46.5 Å². The lowest BCUT2D eigenvalue weighted by Crippen LogP contribution is -2.50. The summed E-state index contributed by atoms with van der Waals surface area (Å²) in [6.07, 6.45) is 11.6. The predicted molar refractivity (Wildman–Crippen MR) is 91.5 cm³/mol. The number of fused-ring (bicyclic) bond motifs is 5. The van der Waals surface area contributed by atoms with Gasteiger partial charge in [-0.1, -0.05) is 18.9 Å². The zero-order valence-electron chi connectivity index (χ0n) is 14.1. The zero-order valence-corrected chi connectivity index (χ0v) is 14.1. The highest BCUT2D eigenvalue weighted by molar-refractivity contribution is 5.48. The Kier molecular flexibility index (Phi) is 3.51. The van der Waals surface area contributed by atoms with Gasteiger partial charge in [0.25, 0.3) is 6.47 Å². The van der Waals surface area contributed by atoms with E-state index >= 15 is 0 Å². The fraction of sp³-hybridized carbons (Fsp3) is 0.571. The Morgan fingerprint density at radius 1 is 1.33 bits per heavy atom. The summed E-state index contributed by atoms with van der Waals surface area (Å²) in [4.78, 5) is 10.6. The molecule has 2 saturated carbocycles. The first-order valence-electron chi connectivity index (χ1n) is 8.96. The number of ether oxygens (including phenoxy) is 1. The Hall–Kier alpha value is -1.79. The lowest BCUT2D eigenvalue weighted by molar-refractivity contribution is -0.120. The monoisotopic (exact) mass is 324 g/mol. The summed E-state index contributed by atoms with van der Waals surface area (Å²) in [5, 5.41) is 10.9. The molecule has 3 nitrogen and oxygen atoms in total. The van der Waals surface area contributed by atoms with Gasteiger partial charge in [0.1, 0.15) is 11.4 Å². The van der Waals surface area contributed by atoms with E-state index in [0.29, 0.717) is 30.0 Å². The number of carbonyl (C=O) groups excluding carboxylic acids is 1. The van der Waals surface area contributed by atoms with E-state index < -0.39 is 5.60 Å². The third-order valence-electron chi connectivity index (χ3n) is 7.27. The van der Waals surface area contributed by atoms with Gasteiger partial charge in [-0.15, -0.1) is 6.42 Å². The average Bonchev–Trinajstić information content (AvgIpc) is 2.87. The van der Waals surface area contributed by atoms with E-state index in [1.54, 1.807) is 0 Å². The molecule has 1 aromatic rings. The fourth-order valence-corrected chi connectivity index (χ4v) is 5.94. The summed E-state index contributed by atoms with van der Waals surface area (Å²) in [6, 6.07) is 6.05. The highest BCUT2D eigenvalue weighted by atomic mass is 16.5. The Labute approximate surface area is 143 Å². The molecule has 0 aliphatic heterocycles. The number of hydrogen-bond acceptors (Lipinski definition) is 3. The van der Waals surface area contributed by atoms with Crippen molar-refractivity contribution >= 4 is 6.47 Å². The summed E-state index contributed by atoms with van der Waals surface area (Å²) < 4.78 is 5.00. The van der Waals surface area contributed by atoms with Crippen molar-refractivity contribution in [3.05, 3.63) is 29.3 Å². The van der Waals surface area contributed by atoms with Gasteiger partial charge in [-0.2, -0.15) is 0 Å². The lowest BCUT2D eigenvalue weighted by atomic mass is 9.53. The molecule has 0 saturated heterocycles. The summed E-state index contributed by atoms with van der Waals surface area (Å²) >= 11 is 0. The molecule has 3 heteroatoms. The van der Waals surface area contributed by atoms with Crippen molar-refractivity contribution in [2.75, 3.05) is 0 Å². The first-order valence-corrected chi connectivity index (χ1v) is 8.96. The molecular weight excluding hydrogens is 300 g/mol. The highest BCUT2D eigenvalue weighted by Crippen LogP contribution is 2.64. The van der Waals surface area contributed by atoms with Crippen molar-refractivity contribution in [3.63, 3.8) is 0 Å². The second kappa shape index (κ2) is 5.36. The molecule has 0 aromatic heterocycles. The average molecular weight is 324 g/mol. The minimum Gasteiger partial charge on any atom is -0.429 e. The Balaban J connectivity index is 1.67. The maximum absolute atomic E-state index is 10.9. The molecule has 126 valence electrons. The van der Waals surface area contributed by atoms with E-state index in [4.69, 9.17) is 11.2 Å². The normalized spacial score (nSPS) is 40.0. The second-order valence-electron chi connectivity index (χ2n) is 7.99. The van der Waals surface area contributed by atoms with Gasteiger partial charge in [0.2, 0.25) is 0 Å². The number of hydrogen-bond donors (Lipinski definition) is 1. The van der Waals surface area contributed by atoms with Crippen LogP contribution in [0.15, 0.2) is 18.2 Å². The van der Waals surface area contributed by atoms with Crippen LogP contribution < -0.4 is 4.74 Å². The number of aryl methyl sites for hydroxylation is 1. The van der Waals surface area contributed by atoms with Crippen molar-refractivity contribution < 1.29 is 14.6 Å². The van der Waals surface area contributed by atoms with E-state index in [2.05, 4.69) is 18.9 Å². The van der Waals surface area contributed by atoms with Gasteiger partial charge >= 0.3 is 0 Å². The van der Waals surface area contributed by atoms with Gasteiger partial charge < -0.3 is 9.84 Å². The van der Waals surface area contributed by atoms with Crippen molar-refractivity contribution in [1.29, 1.82) is 0 Å². The molecule has 5 atom stereocenters. The molecule has 2 fully saturated rings. The molecule has 1 aromatic carbocycles. The summed E-state index contributed by atoms with van der Waals surface area (Å²) in [5.74, 6) is 4.98. The van der Waals surface area contributed by atoms with Crippen LogP contribution in [0.3, 0.4) is 0 Å². The minimum atomic E-state index is -0.940. The van der Waals surface area contributed by atoms with Gasteiger partial charge in [0, 0.05) is 5.41 Å². The van der Waals surface area contributed by atoms with E-state index in [-0.39, 0.29) is 5.41 Å². The van der Waals surface area contributed by atoms with Gasteiger partial charge in [-0.25, -0.2) is 0 Å². The van der Waals surface area contributed by atoms with Crippen LogP contribution in [-0.4, -0.2) is 17.2 Å². The van der Waals surface area contributed by atoms with Crippen LogP contribution in [0.25, 0.3) is 0 Å². The Bertz CT molecular complexity index is 718. The quantitative estimate of drug-likeness (QED) is 0.669. The number of rotatable bonds is 2. The number of terminal acetylenes is 1. The van der Waals surface area contributed by atoms with Gasteiger partial charge in [0.05, 0.1) is 0 Å². The van der Waals surface area contributed by atoms with Gasteiger partial charge in [-0.05, 0) is 79.5 Å². The van der Waals surface area contributed by atoms with Gasteiger partial charge in [0.15, 0.2) is 0 Å². The van der Waals surface area contributed by atoms with Crippen LogP contribution in [-0.2, 0) is 11.2 Å². The van der Waals surface area contributed by atoms with Crippen molar-refractivity contribution in [2.24, 2.45) is 17.3 Å². The van der Waals surface area contributed by atoms with Crippen molar-refractivity contribution in [2.45, 2.75) is 57.0 Å². The Morgan fingerprint density at radius 3 is 2.92 bits per heavy atom. The molecule has 0 heterocycles. The molecule has 4 rings (SSSR count). The largest absolute Gasteiger partial charge is 0.429 e. The van der Waals surface area contributed by atoms with Crippen LogP contribution in [0, 0.1) is 29.6 Å². The molecule has 0 amide bonds. The maximum atomic E-state index is 10.9. The first-order chi connectivity index (χ1) is 11.5. The van der Waals surface area contributed by atoms with E-state index in [0.717, 1.165) is 38.5 Å². The molecule has 3 aliphatic rings. The van der Waals surface area contributed by atoms with E-state index in [1.165, 1.54) is 11.1 Å². The van der Waals surface area contributed by atoms with E-state index in [9.17, 15) is 9.90 Å². The highest BCUT2D eigenvalue weighted by Gasteiger charge is 2.61. The number of benzene rings is 1. The smallest absolute Gasteiger partial charge is 0.298 e. The fourth-order valence-electron chi connectivity index (χ4n) is 5.94. The molecular formula is C21H24O3. The third kappa shape index (κ3) is 1.99. The maximum Gasteiger partial charge on any atom is 0.298 e. The third-order valence-corrected chi connectivity index (χ3v) is 7.27. The van der Waals surface area contributed by atoms with Crippen LogP contribution in [0.5, 0.6) is 5.75 Å². The summed E-state index contributed by atoms with van der Waals surface area (Å²) in [7, 11) is 0. The zero-order chi connectivity index (χ0) is 16.9. The lowest BCUT2D eigenvalue weighted by Gasteiger charge is -2.52. The number of carbonyl (C=O) groups is 1. The van der Waals surface area contributed by atoms with E-state index in [1.807, 2.05) is 12.1 Å². The second-order valence-corrected chi connectivity index (χ2v) is 7.99. The van der Waals surface area contributed by atoms with Crippen LogP contribution in [0.4, 0.5) is 0 Å². The standard InChI is InChI=1S/C21H24O3/c1-3-21(23)11-9-19-18-6-4-14-12-15(24-13-22)5-7-16(14)17(18)8-10-20(19,21)2/h1,5,7,12-13,17-19,23H,4,6,8-11H2,2H3. The minimum absolute atomic E-state index is 0.152. The summed E-state index contributed by atoms with van der Waals surface area (Å²) in [6.45, 7) is 2.69. The predicted octanol–water partition coefficient (Wildman–Crippen LogP) is 3.44. The first kappa shape index (κ1) is 15.7. The molecule has 3 aliphatic carbocycles. The van der Waals surface area contributed by atoms with Crippen LogP contribution in [0.2, 0.25) is 0 Å². The Morgan fingerprint density at radius 2 is 2.17 bits per heavy atom. The molecule has 24 heavy (non-hydrogen) atoms. The van der Waals surface area contributed by atoms with Crippen molar-refractivity contribution in [3.8, 4) is 18.1 Å². The van der Waals surface area contributed by atoms with Gasteiger partial charge in [-0.3, -0.25) is 4.79 Å². The molecule has 5 unspecified atom stereocenters. The molecule has 0 spiro atoms. The SMILES string of the molecule is C#CC1(O)CCC2C3CCc4cc(OC=O)ccc4C3CCC21C. The molecule has 0 radical (unpaired) electrons. The van der Waals surface area contributed by atoms with Crippen molar-refractivity contribution in [1.82, 2.24) is 0 Å². The number of aliphatic hydroxyl groups is 1. The molecule has 1 N–H and O–H groups in total.